The minimum Gasteiger partial charge on any atom is -0.302 e. The molecular weight excluding hydrogens is 416 g/mol. The van der Waals surface area contributed by atoms with E-state index in [1.807, 2.05) is 6.07 Å². The Labute approximate surface area is 177 Å². The first-order chi connectivity index (χ1) is 13.9. The van der Waals surface area contributed by atoms with Crippen LogP contribution in [-0.4, -0.2) is 42.0 Å². The van der Waals surface area contributed by atoms with Gasteiger partial charge in [0, 0.05) is 24.2 Å². The molecule has 0 fully saturated rings. The Morgan fingerprint density at radius 2 is 1.86 bits per heavy atom. The number of rotatable bonds is 8. The molecule has 3 aromatic rings. The standard InChI is InChI=1S/C21H22ClF2N3OS/c1-3-26(4-2)9-10-27(19(28)11-14-7-5-6-8-16(14)22)21-25-20-17(24)12-15(23)13-18(20)29-21/h5-8,12-13H,3-4,9-11H2,1-2H3. The molecule has 2 aromatic carbocycles. The van der Waals surface area contributed by atoms with E-state index in [0.717, 1.165) is 30.5 Å². The highest BCUT2D eigenvalue weighted by Crippen LogP contribution is 2.31. The van der Waals surface area contributed by atoms with Gasteiger partial charge in [0.15, 0.2) is 10.9 Å². The quantitative estimate of drug-likeness (QED) is 0.489. The van der Waals surface area contributed by atoms with Crippen molar-refractivity contribution >= 4 is 44.2 Å². The SMILES string of the molecule is CCN(CC)CCN(C(=O)Cc1ccccc1Cl)c1nc2c(F)cc(F)cc2s1. The zero-order valence-corrected chi connectivity index (χ0v) is 17.9. The van der Waals surface area contributed by atoms with Gasteiger partial charge in [0.05, 0.1) is 11.1 Å². The van der Waals surface area contributed by atoms with Crippen molar-refractivity contribution in [3.8, 4) is 0 Å². The van der Waals surface area contributed by atoms with Gasteiger partial charge in [0.1, 0.15) is 11.3 Å². The second-order valence-electron chi connectivity index (χ2n) is 6.57. The van der Waals surface area contributed by atoms with E-state index in [1.165, 1.54) is 6.07 Å². The molecule has 0 saturated carbocycles. The van der Waals surface area contributed by atoms with Crippen LogP contribution in [0.2, 0.25) is 5.02 Å². The smallest absolute Gasteiger partial charge is 0.233 e. The Morgan fingerprint density at radius 1 is 1.14 bits per heavy atom. The fraction of sp³-hybridized carbons (Fsp3) is 0.333. The van der Waals surface area contributed by atoms with Gasteiger partial charge in [-0.3, -0.25) is 9.69 Å². The molecule has 154 valence electrons. The molecule has 0 unspecified atom stereocenters. The summed E-state index contributed by atoms with van der Waals surface area (Å²) in [5.74, 6) is -1.59. The number of halogens is 3. The number of thiazole rings is 1. The summed E-state index contributed by atoms with van der Waals surface area (Å²) in [6, 6.07) is 9.21. The number of hydrogen-bond acceptors (Lipinski definition) is 4. The lowest BCUT2D eigenvalue weighted by Gasteiger charge is -2.25. The van der Waals surface area contributed by atoms with Crippen molar-refractivity contribution in [1.29, 1.82) is 0 Å². The summed E-state index contributed by atoms with van der Waals surface area (Å²) in [5, 5.41) is 0.871. The summed E-state index contributed by atoms with van der Waals surface area (Å²) in [6.45, 7) is 6.85. The molecule has 0 aliphatic carbocycles. The summed E-state index contributed by atoms with van der Waals surface area (Å²) in [5.41, 5.74) is 0.787. The van der Waals surface area contributed by atoms with E-state index >= 15 is 0 Å². The number of fused-ring (bicyclic) bond motifs is 1. The van der Waals surface area contributed by atoms with Crippen LogP contribution < -0.4 is 4.90 Å². The minimum absolute atomic E-state index is 0.0739. The van der Waals surface area contributed by atoms with E-state index in [9.17, 15) is 13.6 Å². The van der Waals surface area contributed by atoms with Crippen LogP contribution in [0.15, 0.2) is 36.4 Å². The van der Waals surface area contributed by atoms with Gasteiger partial charge in [-0.1, -0.05) is 55.0 Å². The van der Waals surface area contributed by atoms with Crippen LogP contribution in [0, 0.1) is 11.6 Å². The zero-order chi connectivity index (χ0) is 21.0. The van der Waals surface area contributed by atoms with Crippen molar-refractivity contribution in [3.63, 3.8) is 0 Å². The number of anilines is 1. The fourth-order valence-electron chi connectivity index (χ4n) is 3.07. The molecule has 0 radical (unpaired) electrons. The van der Waals surface area contributed by atoms with Crippen molar-refractivity contribution in [2.45, 2.75) is 20.3 Å². The van der Waals surface area contributed by atoms with E-state index in [2.05, 4.69) is 23.7 Å². The maximum Gasteiger partial charge on any atom is 0.233 e. The van der Waals surface area contributed by atoms with Gasteiger partial charge in [-0.05, 0) is 30.8 Å². The third kappa shape index (κ3) is 5.10. The lowest BCUT2D eigenvalue weighted by Crippen LogP contribution is -2.39. The first-order valence-electron chi connectivity index (χ1n) is 9.44. The van der Waals surface area contributed by atoms with Gasteiger partial charge in [-0.2, -0.15) is 0 Å². The maximum atomic E-state index is 14.1. The highest BCUT2D eigenvalue weighted by atomic mass is 35.5. The molecule has 1 aromatic heterocycles. The highest BCUT2D eigenvalue weighted by Gasteiger charge is 2.22. The lowest BCUT2D eigenvalue weighted by molar-refractivity contribution is -0.118. The topological polar surface area (TPSA) is 36.4 Å². The largest absolute Gasteiger partial charge is 0.302 e. The second kappa shape index (κ2) is 9.61. The number of hydrogen-bond donors (Lipinski definition) is 0. The molecule has 0 spiro atoms. The van der Waals surface area contributed by atoms with E-state index in [0.29, 0.717) is 33.5 Å². The van der Waals surface area contributed by atoms with Crippen LogP contribution in [0.5, 0.6) is 0 Å². The van der Waals surface area contributed by atoms with Crippen LogP contribution in [-0.2, 0) is 11.2 Å². The van der Waals surface area contributed by atoms with Crippen molar-refractivity contribution in [3.05, 3.63) is 58.6 Å². The van der Waals surface area contributed by atoms with Crippen LogP contribution in [0.4, 0.5) is 13.9 Å². The van der Waals surface area contributed by atoms with Crippen molar-refractivity contribution < 1.29 is 13.6 Å². The lowest BCUT2D eigenvalue weighted by atomic mass is 10.1. The summed E-state index contributed by atoms with van der Waals surface area (Å²) >= 11 is 7.32. The average molecular weight is 438 g/mol. The Hall–Kier alpha value is -2.09. The molecule has 1 heterocycles. The predicted octanol–water partition coefficient (Wildman–Crippen LogP) is 5.15. The molecule has 8 heteroatoms. The maximum absolute atomic E-state index is 14.1. The summed E-state index contributed by atoms with van der Waals surface area (Å²) in [7, 11) is 0. The molecule has 1 amide bonds. The molecule has 0 atom stereocenters. The normalized spacial score (nSPS) is 11.4. The van der Waals surface area contributed by atoms with E-state index in [-0.39, 0.29) is 17.8 Å². The Bertz CT molecular complexity index is 1010. The molecule has 3 rings (SSSR count). The average Bonchev–Trinajstić information content (AvgIpc) is 3.11. The van der Waals surface area contributed by atoms with Gasteiger partial charge in [-0.25, -0.2) is 13.8 Å². The Morgan fingerprint density at radius 3 is 2.55 bits per heavy atom. The van der Waals surface area contributed by atoms with Gasteiger partial charge in [0.2, 0.25) is 5.91 Å². The van der Waals surface area contributed by atoms with Crippen molar-refractivity contribution in [2.24, 2.45) is 0 Å². The molecule has 29 heavy (non-hydrogen) atoms. The van der Waals surface area contributed by atoms with E-state index in [1.54, 1.807) is 23.1 Å². The predicted molar refractivity (Wildman–Crippen MR) is 115 cm³/mol. The van der Waals surface area contributed by atoms with Crippen LogP contribution in [0.3, 0.4) is 0 Å². The fourth-order valence-corrected chi connectivity index (χ4v) is 4.32. The first kappa shape index (κ1) is 21.6. The van der Waals surface area contributed by atoms with Gasteiger partial charge in [0.25, 0.3) is 0 Å². The molecule has 0 bridgehead atoms. The molecular formula is C21H22ClF2N3OS. The second-order valence-corrected chi connectivity index (χ2v) is 7.99. The van der Waals surface area contributed by atoms with Crippen LogP contribution in [0.1, 0.15) is 19.4 Å². The third-order valence-electron chi connectivity index (χ3n) is 4.77. The van der Waals surface area contributed by atoms with Crippen LogP contribution >= 0.6 is 22.9 Å². The Balaban J connectivity index is 1.93. The number of nitrogens with zero attached hydrogens (tertiary/aromatic N) is 3. The Kier molecular flexibility index (Phi) is 7.16. The van der Waals surface area contributed by atoms with Gasteiger partial charge >= 0.3 is 0 Å². The highest BCUT2D eigenvalue weighted by molar-refractivity contribution is 7.22. The third-order valence-corrected chi connectivity index (χ3v) is 6.16. The molecule has 0 aliphatic rings. The number of carbonyl (C=O) groups excluding carboxylic acids is 1. The summed E-state index contributed by atoms with van der Waals surface area (Å²) < 4.78 is 28.1. The van der Waals surface area contributed by atoms with Crippen molar-refractivity contribution in [1.82, 2.24) is 9.88 Å². The van der Waals surface area contributed by atoms with Crippen molar-refractivity contribution in [2.75, 3.05) is 31.1 Å². The molecule has 0 aliphatic heterocycles. The molecule has 0 N–H and O–H groups in total. The number of amides is 1. The van der Waals surface area contributed by atoms with Crippen LogP contribution in [0.25, 0.3) is 10.2 Å². The minimum atomic E-state index is -0.732. The van der Waals surface area contributed by atoms with E-state index in [4.69, 9.17) is 11.6 Å². The summed E-state index contributed by atoms with van der Waals surface area (Å²) in [4.78, 5) is 21.2. The molecule has 0 saturated heterocycles. The van der Waals surface area contributed by atoms with Gasteiger partial charge < -0.3 is 4.90 Å². The summed E-state index contributed by atoms with van der Waals surface area (Å²) in [6.07, 6.45) is 0.102. The monoisotopic (exact) mass is 437 g/mol. The van der Waals surface area contributed by atoms with Gasteiger partial charge in [-0.15, -0.1) is 0 Å². The number of carbonyl (C=O) groups is 1. The molecule has 4 nitrogen and oxygen atoms in total. The number of aromatic nitrogens is 1. The number of likely N-dealkylation sites (N-methyl/N-ethyl adjacent to an activating group) is 1. The number of benzene rings is 2. The zero-order valence-electron chi connectivity index (χ0n) is 16.3. The van der Waals surface area contributed by atoms with E-state index < -0.39 is 11.6 Å². The first-order valence-corrected chi connectivity index (χ1v) is 10.6.